The smallest absolute Gasteiger partial charge is 0.173 e. The topological polar surface area (TPSA) is 15.3 Å². The SMILES string of the molecule is Cc1ccc(NC(=S)N2CC[C@@H](c3ccccc3)C2)c(Cl)c1. The van der Waals surface area contributed by atoms with Crippen LogP contribution in [0.25, 0.3) is 0 Å². The van der Waals surface area contributed by atoms with Crippen molar-refractivity contribution in [2.75, 3.05) is 18.4 Å². The van der Waals surface area contributed by atoms with E-state index in [9.17, 15) is 0 Å². The Hall–Kier alpha value is -1.58. The summed E-state index contributed by atoms with van der Waals surface area (Å²) in [6.45, 7) is 3.97. The van der Waals surface area contributed by atoms with Crippen LogP contribution in [0.4, 0.5) is 5.69 Å². The van der Waals surface area contributed by atoms with Crippen molar-refractivity contribution in [2.24, 2.45) is 0 Å². The lowest BCUT2D eigenvalue weighted by molar-refractivity contribution is 0.518. The van der Waals surface area contributed by atoms with Gasteiger partial charge in [-0.15, -0.1) is 0 Å². The van der Waals surface area contributed by atoms with Gasteiger partial charge in [-0.3, -0.25) is 0 Å². The third kappa shape index (κ3) is 3.42. The number of nitrogens with zero attached hydrogens (tertiary/aromatic N) is 1. The normalized spacial score (nSPS) is 17.5. The fourth-order valence-corrected chi connectivity index (χ4v) is 3.42. The Morgan fingerprint density at radius 1 is 1.23 bits per heavy atom. The van der Waals surface area contributed by atoms with Crippen molar-refractivity contribution in [3.8, 4) is 0 Å². The summed E-state index contributed by atoms with van der Waals surface area (Å²) in [5, 5.41) is 4.74. The van der Waals surface area contributed by atoms with Crippen LogP contribution >= 0.6 is 23.8 Å². The summed E-state index contributed by atoms with van der Waals surface area (Å²) in [7, 11) is 0. The van der Waals surface area contributed by atoms with Crippen molar-refractivity contribution in [3.63, 3.8) is 0 Å². The molecule has 2 nitrogen and oxygen atoms in total. The van der Waals surface area contributed by atoms with E-state index in [4.69, 9.17) is 23.8 Å². The highest BCUT2D eigenvalue weighted by atomic mass is 35.5. The lowest BCUT2D eigenvalue weighted by Gasteiger charge is -2.21. The van der Waals surface area contributed by atoms with Crippen molar-refractivity contribution in [3.05, 3.63) is 64.7 Å². The first-order valence-corrected chi connectivity index (χ1v) is 8.29. The molecule has 1 N–H and O–H groups in total. The minimum absolute atomic E-state index is 0.550. The third-order valence-electron chi connectivity index (χ3n) is 4.11. The molecule has 0 radical (unpaired) electrons. The van der Waals surface area contributed by atoms with Crippen molar-refractivity contribution >= 4 is 34.6 Å². The lowest BCUT2D eigenvalue weighted by Crippen LogP contribution is -2.32. The van der Waals surface area contributed by atoms with E-state index in [1.54, 1.807) is 0 Å². The van der Waals surface area contributed by atoms with Crippen LogP contribution in [0.2, 0.25) is 5.02 Å². The van der Waals surface area contributed by atoms with Crippen molar-refractivity contribution in [2.45, 2.75) is 19.3 Å². The van der Waals surface area contributed by atoms with Gasteiger partial charge in [0.25, 0.3) is 0 Å². The van der Waals surface area contributed by atoms with E-state index >= 15 is 0 Å². The molecule has 2 aromatic carbocycles. The molecule has 0 aromatic heterocycles. The molecular formula is C18H19ClN2S. The number of anilines is 1. The van der Waals surface area contributed by atoms with E-state index in [0.717, 1.165) is 35.9 Å². The predicted molar refractivity (Wildman–Crippen MR) is 97.8 cm³/mol. The van der Waals surface area contributed by atoms with Gasteiger partial charge in [0.2, 0.25) is 0 Å². The van der Waals surface area contributed by atoms with Crippen LogP contribution in [0.1, 0.15) is 23.5 Å². The Morgan fingerprint density at radius 3 is 2.73 bits per heavy atom. The van der Waals surface area contributed by atoms with Gasteiger partial charge >= 0.3 is 0 Å². The Morgan fingerprint density at radius 2 is 2.00 bits per heavy atom. The van der Waals surface area contributed by atoms with E-state index in [2.05, 4.69) is 40.5 Å². The zero-order chi connectivity index (χ0) is 15.5. The molecular weight excluding hydrogens is 312 g/mol. The Bertz CT molecular complexity index is 672. The average Bonchev–Trinajstić information content (AvgIpc) is 3.01. The first-order chi connectivity index (χ1) is 10.6. The average molecular weight is 331 g/mol. The summed E-state index contributed by atoms with van der Waals surface area (Å²) >= 11 is 11.8. The van der Waals surface area contributed by atoms with Crippen LogP contribution in [-0.4, -0.2) is 23.1 Å². The van der Waals surface area contributed by atoms with Gasteiger partial charge in [0.15, 0.2) is 5.11 Å². The molecule has 0 unspecified atom stereocenters. The second kappa shape index (κ2) is 6.67. The molecule has 1 aliphatic heterocycles. The fraction of sp³-hybridized carbons (Fsp3) is 0.278. The lowest BCUT2D eigenvalue weighted by atomic mass is 9.99. The van der Waals surface area contributed by atoms with Crippen LogP contribution in [0.5, 0.6) is 0 Å². The second-order valence-corrected chi connectivity index (χ2v) is 6.55. The number of nitrogens with one attached hydrogen (secondary N) is 1. The molecule has 3 rings (SSSR count). The maximum atomic E-state index is 6.26. The number of aryl methyl sites for hydroxylation is 1. The third-order valence-corrected chi connectivity index (χ3v) is 4.79. The predicted octanol–water partition coefficient (Wildman–Crippen LogP) is 4.83. The van der Waals surface area contributed by atoms with Gasteiger partial charge < -0.3 is 10.2 Å². The van der Waals surface area contributed by atoms with Crippen molar-refractivity contribution in [1.29, 1.82) is 0 Å². The van der Waals surface area contributed by atoms with Crippen LogP contribution in [0.15, 0.2) is 48.5 Å². The minimum Gasteiger partial charge on any atom is -0.348 e. The Balaban J connectivity index is 1.64. The molecule has 22 heavy (non-hydrogen) atoms. The number of benzene rings is 2. The van der Waals surface area contributed by atoms with E-state index in [1.165, 1.54) is 5.56 Å². The van der Waals surface area contributed by atoms with Crippen molar-refractivity contribution in [1.82, 2.24) is 4.90 Å². The summed E-state index contributed by atoms with van der Waals surface area (Å²) in [5.74, 6) is 0.550. The molecule has 0 aliphatic carbocycles. The zero-order valence-corrected chi connectivity index (χ0v) is 14.1. The van der Waals surface area contributed by atoms with E-state index in [1.807, 2.05) is 25.1 Å². The van der Waals surface area contributed by atoms with Gasteiger partial charge in [0, 0.05) is 19.0 Å². The number of halogens is 1. The van der Waals surface area contributed by atoms with Crippen LogP contribution < -0.4 is 5.32 Å². The molecule has 0 spiro atoms. The van der Waals surface area contributed by atoms with Gasteiger partial charge in [-0.2, -0.15) is 0 Å². The minimum atomic E-state index is 0.550. The maximum absolute atomic E-state index is 6.26. The quantitative estimate of drug-likeness (QED) is 0.794. The van der Waals surface area contributed by atoms with Crippen LogP contribution in [-0.2, 0) is 0 Å². The van der Waals surface area contributed by atoms with Gasteiger partial charge in [0.05, 0.1) is 10.7 Å². The van der Waals surface area contributed by atoms with E-state index in [0.29, 0.717) is 10.9 Å². The molecule has 2 aromatic rings. The summed E-state index contributed by atoms with van der Waals surface area (Å²) in [6, 6.07) is 16.6. The summed E-state index contributed by atoms with van der Waals surface area (Å²) in [5.41, 5.74) is 3.41. The molecule has 0 saturated carbocycles. The van der Waals surface area contributed by atoms with Gasteiger partial charge in [-0.1, -0.05) is 48.0 Å². The number of likely N-dealkylation sites (tertiary alicyclic amines) is 1. The monoisotopic (exact) mass is 330 g/mol. The summed E-state index contributed by atoms with van der Waals surface area (Å²) < 4.78 is 0. The van der Waals surface area contributed by atoms with Gasteiger partial charge in [0.1, 0.15) is 0 Å². The largest absolute Gasteiger partial charge is 0.348 e. The Labute approximate surface area is 142 Å². The second-order valence-electron chi connectivity index (χ2n) is 5.76. The standard InChI is InChI=1S/C18H19ClN2S/c1-13-7-8-17(16(19)11-13)20-18(22)21-10-9-15(12-21)14-5-3-2-4-6-14/h2-8,11,15H,9-10,12H2,1H3,(H,20,22)/t15-/m1/s1. The molecule has 1 saturated heterocycles. The molecule has 0 amide bonds. The Kier molecular flexibility index (Phi) is 4.65. The highest BCUT2D eigenvalue weighted by Gasteiger charge is 2.25. The molecule has 0 bridgehead atoms. The highest BCUT2D eigenvalue weighted by Crippen LogP contribution is 2.28. The fourth-order valence-electron chi connectivity index (χ4n) is 2.86. The number of rotatable bonds is 2. The molecule has 1 aliphatic rings. The summed E-state index contributed by atoms with van der Waals surface area (Å²) in [4.78, 5) is 2.23. The van der Waals surface area contributed by atoms with Crippen molar-refractivity contribution < 1.29 is 0 Å². The van der Waals surface area contributed by atoms with E-state index < -0.39 is 0 Å². The highest BCUT2D eigenvalue weighted by molar-refractivity contribution is 7.80. The number of thiocarbonyl (C=S) groups is 1. The van der Waals surface area contributed by atoms with E-state index in [-0.39, 0.29) is 0 Å². The summed E-state index contributed by atoms with van der Waals surface area (Å²) in [6.07, 6.45) is 1.13. The molecule has 114 valence electrons. The maximum Gasteiger partial charge on any atom is 0.173 e. The van der Waals surface area contributed by atoms with Crippen LogP contribution in [0.3, 0.4) is 0 Å². The van der Waals surface area contributed by atoms with Gasteiger partial charge in [-0.05, 0) is 48.8 Å². The van der Waals surface area contributed by atoms with Gasteiger partial charge in [-0.25, -0.2) is 0 Å². The molecule has 4 heteroatoms. The molecule has 1 heterocycles. The first kappa shape index (κ1) is 15.3. The zero-order valence-electron chi connectivity index (χ0n) is 12.6. The molecule has 1 fully saturated rings. The van der Waals surface area contributed by atoms with Crippen LogP contribution in [0, 0.1) is 6.92 Å². The number of hydrogen-bond acceptors (Lipinski definition) is 1. The number of hydrogen-bond donors (Lipinski definition) is 1. The molecule has 1 atom stereocenters. The first-order valence-electron chi connectivity index (χ1n) is 7.50.